The average Bonchev–Trinajstić information content (AvgIpc) is 2.55. The number of halogens is 1. The summed E-state index contributed by atoms with van der Waals surface area (Å²) in [6.07, 6.45) is 3.43. The summed E-state index contributed by atoms with van der Waals surface area (Å²) in [6.45, 7) is 6.76. The monoisotopic (exact) mass is 347 g/mol. The second-order valence-corrected chi connectivity index (χ2v) is 7.09. The molecule has 2 rings (SSSR count). The van der Waals surface area contributed by atoms with Crippen LogP contribution < -0.4 is 4.74 Å². The van der Waals surface area contributed by atoms with E-state index >= 15 is 0 Å². The van der Waals surface area contributed by atoms with Crippen molar-refractivity contribution in [2.75, 3.05) is 6.61 Å². The van der Waals surface area contributed by atoms with Gasteiger partial charge in [-0.05, 0) is 54.5 Å². The van der Waals surface area contributed by atoms with Crippen molar-refractivity contribution < 1.29 is 14.6 Å². The molecule has 0 bridgehead atoms. The predicted octanol–water partition coefficient (Wildman–Crippen LogP) is 4.78. The molecule has 1 heterocycles. The number of rotatable bonds is 7. The normalized spacial score (nSPS) is 11.3. The maximum atomic E-state index is 10.9. The maximum Gasteiger partial charge on any atom is 0.335 e. The Labute approximate surface area is 147 Å². The number of hydrogen-bond acceptors (Lipinski definition) is 3. The number of carboxylic acids is 1. The molecule has 0 radical (unpaired) electrons. The largest absolute Gasteiger partial charge is 0.491 e. The lowest BCUT2D eigenvalue weighted by Gasteiger charge is -2.25. The number of aryl methyl sites for hydroxylation is 2. The molecule has 0 amide bonds. The molecule has 0 unspecified atom stereocenters. The minimum atomic E-state index is -0.901. The molecule has 0 fully saturated rings. The summed E-state index contributed by atoms with van der Waals surface area (Å²) in [5, 5.41) is 9.41. The van der Waals surface area contributed by atoms with Crippen molar-refractivity contribution in [3.8, 4) is 5.75 Å². The molecule has 2 aromatic rings. The number of ether oxygens (including phenoxy) is 1. The van der Waals surface area contributed by atoms with Crippen LogP contribution in [0.1, 0.15) is 41.8 Å². The molecule has 0 atom stereocenters. The highest BCUT2D eigenvalue weighted by molar-refractivity contribution is 6.30. The van der Waals surface area contributed by atoms with Gasteiger partial charge in [-0.2, -0.15) is 0 Å². The van der Waals surface area contributed by atoms with Crippen LogP contribution >= 0.6 is 11.6 Å². The van der Waals surface area contributed by atoms with Crippen LogP contribution in [-0.4, -0.2) is 22.7 Å². The Morgan fingerprint density at radius 3 is 2.54 bits per heavy atom. The van der Waals surface area contributed by atoms with E-state index in [0.717, 1.165) is 29.7 Å². The van der Waals surface area contributed by atoms with Crippen molar-refractivity contribution in [3.63, 3.8) is 0 Å². The third-order valence-electron chi connectivity index (χ3n) is 3.91. The lowest BCUT2D eigenvalue weighted by molar-refractivity contribution is 0.0697. The molecule has 0 aliphatic heterocycles. The Bertz CT molecular complexity index is 711. The van der Waals surface area contributed by atoms with Gasteiger partial charge < -0.3 is 9.84 Å². The average molecular weight is 348 g/mol. The summed E-state index contributed by atoms with van der Waals surface area (Å²) in [6, 6.07) is 8.91. The Morgan fingerprint density at radius 1 is 1.29 bits per heavy atom. The second kappa shape index (κ2) is 7.67. The van der Waals surface area contributed by atoms with Crippen molar-refractivity contribution in [1.82, 2.24) is 4.98 Å². The van der Waals surface area contributed by atoms with E-state index in [0.29, 0.717) is 17.3 Å². The zero-order valence-electron chi connectivity index (χ0n) is 14.2. The van der Waals surface area contributed by atoms with Gasteiger partial charge in [0.1, 0.15) is 10.9 Å². The van der Waals surface area contributed by atoms with Crippen LogP contribution in [0.2, 0.25) is 5.15 Å². The molecule has 0 saturated carbocycles. The summed E-state index contributed by atoms with van der Waals surface area (Å²) >= 11 is 5.92. The van der Waals surface area contributed by atoms with Gasteiger partial charge in [0.05, 0.1) is 18.4 Å². The van der Waals surface area contributed by atoms with Gasteiger partial charge in [-0.15, -0.1) is 0 Å². The predicted molar refractivity (Wildman–Crippen MR) is 95.0 cm³/mol. The SMILES string of the molecule is Cc1cc(OCC(C)(C)CCc2ccc(C(=O)O)cc2)cnc1Cl. The van der Waals surface area contributed by atoms with Gasteiger partial charge in [0, 0.05) is 0 Å². The van der Waals surface area contributed by atoms with Gasteiger partial charge in [-0.3, -0.25) is 0 Å². The van der Waals surface area contributed by atoms with Crippen molar-refractivity contribution in [2.24, 2.45) is 5.41 Å². The first-order valence-electron chi connectivity index (χ1n) is 7.84. The molecule has 128 valence electrons. The Morgan fingerprint density at radius 2 is 1.96 bits per heavy atom. The lowest BCUT2D eigenvalue weighted by atomic mass is 9.87. The van der Waals surface area contributed by atoms with E-state index in [-0.39, 0.29) is 5.41 Å². The zero-order chi connectivity index (χ0) is 17.7. The van der Waals surface area contributed by atoms with E-state index in [4.69, 9.17) is 21.4 Å². The van der Waals surface area contributed by atoms with Crippen LogP contribution in [0.3, 0.4) is 0 Å². The zero-order valence-corrected chi connectivity index (χ0v) is 14.9. The van der Waals surface area contributed by atoms with Crippen LogP contribution in [-0.2, 0) is 6.42 Å². The Kier molecular flexibility index (Phi) is 5.84. The first kappa shape index (κ1) is 18.3. The molecule has 24 heavy (non-hydrogen) atoms. The van der Waals surface area contributed by atoms with Gasteiger partial charge in [0.25, 0.3) is 0 Å². The number of pyridine rings is 1. The first-order valence-corrected chi connectivity index (χ1v) is 8.22. The van der Waals surface area contributed by atoms with E-state index < -0.39 is 5.97 Å². The van der Waals surface area contributed by atoms with Crippen molar-refractivity contribution in [3.05, 3.63) is 58.4 Å². The summed E-state index contributed by atoms with van der Waals surface area (Å²) in [5.74, 6) is -0.182. The van der Waals surface area contributed by atoms with Crippen LogP contribution in [0.15, 0.2) is 36.5 Å². The van der Waals surface area contributed by atoms with Gasteiger partial charge in [-0.25, -0.2) is 9.78 Å². The highest BCUT2D eigenvalue weighted by Gasteiger charge is 2.19. The molecule has 0 spiro atoms. The minimum absolute atomic E-state index is 0.0149. The summed E-state index contributed by atoms with van der Waals surface area (Å²) < 4.78 is 5.85. The number of aromatic nitrogens is 1. The minimum Gasteiger partial charge on any atom is -0.491 e. The molecule has 5 heteroatoms. The maximum absolute atomic E-state index is 10.9. The lowest BCUT2D eigenvalue weighted by Crippen LogP contribution is -2.22. The van der Waals surface area contributed by atoms with Gasteiger partial charge >= 0.3 is 5.97 Å². The highest BCUT2D eigenvalue weighted by Crippen LogP contribution is 2.26. The fourth-order valence-corrected chi connectivity index (χ4v) is 2.36. The number of nitrogens with zero attached hydrogens (tertiary/aromatic N) is 1. The van der Waals surface area contributed by atoms with E-state index in [9.17, 15) is 4.79 Å². The van der Waals surface area contributed by atoms with E-state index in [1.54, 1.807) is 18.3 Å². The first-order chi connectivity index (χ1) is 11.3. The molecule has 4 nitrogen and oxygen atoms in total. The topological polar surface area (TPSA) is 59.4 Å². The quantitative estimate of drug-likeness (QED) is 0.732. The smallest absolute Gasteiger partial charge is 0.335 e. The van der Waals surface area contributed by atoms with Crippen molar-refractivity contribution in [1.29, 1.82) is 0 Å². The van der Waals surface area contributed by atoms with Gasteiger partial charge in [0.15, 0.2) is 0 Å². The number of hydrogen-bond donors (Lipinski definition) is 1. The van der Waals surface area contributed by atoms with Gasteiger partial charge in [-0.1, -0.05) is 37.6 Å². The van der Waals surface area contributed by atoms with E-state index in [2.05, 4.69) is 18.8 Å². The number of benzene rings is 1. The van der Waals surface area contributed by atoms with Crippen molar-refractivity contribution >= 4 is 17.6 Å². The third kappa shape index (κ3) is 5.24. The van der Waals surface area contributed by atoms with Crippen LogP contribution in [0, 0.1) is 12.3 Å². The number of carboxylic acid groups (broad SMARTS) is 1. The molecule has 0 aliphatic rings. The third-order valence-corrected chi connectivity index (χ3v) is 4.31. The van der Waals surface area contributed by atoms with Crippen LogP contribution in [0.25, 0.3) is 0 Å². The molecule has 1 aromatic heterocycles. The van der Waals surface area contributed by atoms with Crippen LogP contribution in [0.5, 0.6) is 5.75 Å². The fraction of sp³-hybridized carbons (Fsp3) is 0.368. The molecule has 0 aliphatic carbocycles. The highest BCUT2D eigenvalue weighted by atomic mass is 35.5. The van der Waals surface area contributed by atoms with Crippen molar-refractivity contribution in [2.45, 2.75) is 33.6 Å². The molecule has 0 saturated heterocycles. The molecule has 1 N–H and O–H groups in total. The fourth-order valence-electron chi connectivity index (χ4n) is 2.26. The Balaban J connectivity index is 1.88. The summed E-state index contributed by atoms with van der Waals surface area (Å²) in [7, 11) is 0. The molecule has 1 aromatic carbocycles. The standard InChI is InChI=1S/C19H22ClNO3/c1-13-10-16(11-21-17(13)20)24-12-19(2,3)9-8-14-4-6-15(7-5-14)18(22)23/h4-7,10-11H,8-9,12H2,1-3H3,(H,22,23). The summed E-state index contributed by atoms with van der Waals surface area (Å²) in [5.41, 5.74) is 2.31. The van der Waals surface area contributed by atoms with E-state index in [1.165, 1.54) is 0 Å². The van der Waals surface area contributed by atoms with Crippen LogP contribution in [0.4, 0.5) is 0 Å². The number of aromatic carboxylic acids is 1. The molecular formula is C19H22ClNO3. The summed E-state index contributed by atoms with van der Waals surface area (Å²) in [4.78, 5) is 15.0. The molecular weight excluding hydrogens is 326 g/mol. The van der Waals surface area contributed by atoms with E-state index in [1.807, 2.05) is 25.1 Å². The van der Waals surface area contributed by atoms with Gasteiger partial charge in [0.2, 0.25) is 0 Å². The number of carbonyl (C=O) groups is 1. The second-order valence-electron chi connectivity index (χ2n) is 6.73. The Hall–Kier alpha value is -2.07.